The number of likely N-dealkylation sites (tertiary alicyclic amines) is 1. The maximum absolute atomic E-state index is 4.50. The Morgan fingerprint density at radius 3 is 2.75 bits per heavy atom. The molecule has 1 aliphatic rings. The number of aryl methyl sites for hydroxylation is 2. The van der Waals surface area contributed by atoms with E-state index in [4.69, 9.17) is 0 Å². The van der Waals surface area contributed by atoms with E-state index in [1.807, 2.05) is 14.0 Å². The molecule has 0 amide bonds. The van der Waals surface area contributed by atoms with Crippen LogP contribution in [0.3, 0.4) is 0 Å². The Morgan fingerprint density at radius 1 is 1.46 bits per heavy atom. The average molecular weight is 465 g/mol. The smallest absolute Gasteiger partial charge is 0.191 e. The molecule has 5 nitrogen and oxygen atoms in total. The summed E-state index contributed by atoms with van der Waals surface area (Å²) < 4.78 is 0. The van der Waals surface area contributed by atoms with Crippen LogP contribution in [0.5, 0.6) is 0 Å². The van der Waals surface area contributed by atoms with E-state index in [0.29, 0.717) is 18.0 Å². The van der Waals surface area contributed by atoms with Gasteiger partial charge in [0.1, 0.15) is 0 Å². The lowest BCUT2D eigenvalue weighted by Gasteiger charge is -2.21. The number of aromatic nitrogens is 1. The zero-order valence-corrected chi connectivity index (χ0v) is 18.6. The van der Waals surface area contributed by atoms with Crippen LogP contribution in [0.1, 0.15) is 37.9 Å². The number of halogens is 1. The minimum absolute atomic E-state index is 0. The highest BCUT2D eigenvalue weighted by molar-refractivity contribution is 14.0. The quantitative estimate of drug-likeness (QED) is 0.294. The Hall–Kier alpha value is -0.410. The second-order valence-electron chi connectivity index (χ2n) is 6.76. The molecule has 2 unspecified atom stereocenters. The van der Waals surface area contributed by atoms with Gasteiger partial charge in [0.15, 0.2) is 5.96 Å². The zero-order chi connectivity index (χ0) is 16.8. The molecule has 1 fully saturated rings. The van der Waals surface area contributed by atoms with Gasteiger partial charge < -0.3 is 10.6 Å². The van der Waals surface area contributed by atoms with Gasteiger partial charge in [-0.3, -0.25) is 9.89 Å². The second-order valence-corrected chi connectivity index (χ2v) is 7.70. The highest BCUT2D eigenvalue weighted by Gasteiger charge is 2.31. The number of thiazole rings is 1. The van der Waals surface area contributed by atoms with Gasteiger partial charge in [0.25, 0.3) is 0 Å². The fraction of sp³-hybridized carbons (Fsp3) is 0.765. The molecule has 7 heteroatoms. The molecule has 0 aromatic carbocycles. The number of hydrogen-bond donors (Lipinski definition) is 2. The van der Waals surface area contributed by atoms with Crippen molar-refractivity contribution in [1.82, 2.24) is 20.5 Å². The molecule has 2 atom stereocenters. The fourth-order valence-electron chi connectivity index (χ4n) is 2.95. The summed E-state index contributed by atoms with van der Waals surface area (Å²) in [6, 6.07) is 1.09. The lowest BCUT2D eigenvalue weighted by Crippen LogP contribution is -2.47. The molecule has 1 saturated heterocycles. The van der Waals surface area contributed by atoms with Crippen LogP contribution in [-0.2, 0) is 6.42 Å². The molecule has 2 N–H and O–H groups in total. The first-order valence-corrected chi connectivity index (χ1v) is 9.49. The van der Waals surface area contributed by atoms with Crippen molar-refractivity contribution in [2.75, 3.05) is 26.7 Å². The van der Waals surface area contributed by atoms with Gasteiger partial charge in [-0.1, -0.05) is 6.92 Å². The van der Waals surface area contributed by atoms with Gasteiger partial charge in [-0.2, -0.15) is 0 Å². The van der Waals surface area contributed by atoms with Crippen LogP contribution in [0, 0.1) is 12.8 Å². The third kappa shape index (κ3) is 6.48. The average Bonchev–Trinajstić information content (AvgIpc) is 3.08. The van der Waals surface area contributed by atoms with Gasteiger partial charge in [-0.05, 0) is 33.1 Å². The van der Waals surface area contributed by atoms with Gasteiger partial charge in [0.05, 0.1) is 5.01 Å². The van der Waals surface area contributed by atoms with Crippen LogP contribution in [0.25, 0.3) is 0 Å². The molecule has 0 aliphatic carbocycles. The minimum Gasteiger partial charge on any atom is -0.356 e. The Morgan fingerprint density at radius 2 is 2.21 bits per heavy atom. The SMILES string of the molecule is CN=C(NCCCc1nc(C)cs1)NC1CN(C(C)C)CC1C.I. The van der Waals surface area contributed by atoms with E-state index in [0.717, 1.165) is 44.1 Å². The van der Waals surface area contributed by atoms with Crippen LogP contribution in [0.15, 0.2) is 10.4 Å². The predicted molar refractivity (Wildman–Crippen MR) is 115 cm³/mol. The summed E-state index contributed by atoms with van der Waals surface area (Å²) >= 11 is 1.75. The van der Waals surface area contributed by atoms with Gasteiger partial charge in [-0.15, -0.1) is 35.3 Å². The van der Waals surface area contributed by atoms with Crippen molar-refractivity contribution in [2.24, 2.45) is 10.9 Å². The van der Waals surface area contributed by atoms with Crippen LogP contribution >= 0.6 is 35.3 Å². The number of guanidine groups is 1. The first kappa shape index (κ1) is 21.6. The molecule has 0 bridgehead atoms. The summed E-state index contributed by atoms with van der Waals surface area (Å²) in [5.74, 6) is 1.57. The number of hydrogen-bond acceptors (Lipinski definition) is 4. The first-order chi connectivity index (χ1) is 11.0. The molecular weight excluding hydrogens is 433 g/mol. The molecule has 24 heavy (non-hydrogen) atoms. The largest absolute Gasteiger partial charge is 0.356 e. The molecule has 0 spiro atoms. The zero-order valence-electron chi connectivity index (χ0n) is 15.5. The van der Waals surface area contributed by atoms with Crippen molar-refractivity contribution >= 4 is 41.3 Å². The summed E-state index contributed by atoms with van der Waals surface area (Å²) in [5, 5.41) is 10.4. The van der Waals surface area contributed by atoms with E-state index in [9.17, 15) is 0 Å². The van der Waals surface area contributed by atoms with Crippen molar-refractivity contribution < 1.29 is 0 Å². The lowest BCUT2D eigenvalue weighted by molar-refractivity contribution is 0.265. The van der Waals surface area contributed by atoms with Crippen LogP contribution in [-0.4, -0.2) is 54.6 Å². The summed E-state index contributed by atoms with van der Waals surface area (Å²) in [4.78, 5) is 11.4. The maximum atomic E-state index is 4.50. The Kier molecular flexibility index (Phi) is 9.51. The monoisotopic (exact) mass is 465 g/mol. The third-order valence-corrected chi connectivity index (χ3v) is 5.47. The number of aliphatic imine (C=N–C) groups is 1. The van der Waals surface area contributed by atoms with Gasteiger partial charge >= 0.3 is 0 Å². The predicted octanol–water partition coefficient (Wildman–Crippen LogP) is 2.90. The standard InChI is InChI=1S/C17H31N5S.HI/c1-12(2)22-9-13(3)15(10-22)21-17(18-5)19-8-6-7-16-20-14(4)11-23-16;/h11-13,15H,6-10H2,1-5H3,(H2,18,19,21);1H. The highest BCUT2D eigenvalue weighted by atomic mass is 127. The van der Waals surface area contributed by atoms with E-state index < -0.39 is 0 Å². The Bertz CT molecular complexity index is 517. The van der Waals surface area contributed by atoms with Crippen molar-refractivity contribution in [3.05, 3.63) is 16.1 Å². The van der Waals surface area contributed by atoms with Crippen LogP contribution < -0.4 is 10.6 Å². The van der Waals surface area contributed by atoms with Crippen LogP contribution in [0.2, 0.25) is 0 Å². The first-order valence-electron chi connectivity index (χ1n) is 8.61. The van der Waals surface area contributed by atoms with E-state index in [2.05, 4.69) is 51.7 Å². The van der Waals surface area contributed by atoms with E-state index in [1.54, 1.807) is 11.3 Å². The van der Waals surface area contributed by atoms with Crippen molar-refractivity contribution in [3.63, 3.8) is 0 Å². The normalized spacial score (nSPS) is 21.8. The minimum atomic E-state index is 0. The van der Waals surface area contributed by atoms with Gasteiger partial charge in [0.2, 0.25) is 0 Å². The Labute approximate surface area is 167 Å². The molecule has 1 aliphatic heterocycles. The third-order valence-electron chi connectivity index (χ3n) is 4.44. The molecule has 1 aromatic heterocycles. The van der Waals surface area contributed by atoms with Crippen molar-refractivity contribution in [3.8, 4) is 0 Å². The van der Waals surface area contributed by atoms with Gasteiger partial charge in [0, 0.05) is 56.3 Å². The molecular formula is C17H32IN5S. The van der Waals surface area contributed by atoms with Crippen molar-refractivity contribution in [2.45, 2.75) is 52.6 Å². The second kappa shape index (κ2) is 10.6. The molecule has 0 saturated carbocycles. The topological polar surface area (TPSA) is 52.6 Å². The molecule has 0 radical (unpaired) electrons. The van der Waals surface area contributed by atoms with E-state index in [1.165, 1.54) is 5.01 Å². The lowest BCUT2D eigenvalue weighted by atomic mass is 10.1. The number of rotatable bonds is 6. The summed E-state index contributed by atoms with van der Waals surface area (Å²) in [6.07, 6.45) is 2.11. The maximum Gasteiger partial charge on any atom is 0.191 e. The van der Waals surface area contributed by atoms with E-state index >= 15 is 0 Å². The Balaban J connectivity index is 0.00000288. The molecule has 2 heterocycles. The molecule has 138 valence electrons. The van der Waals surface area contributed by atoms with Crippen LogP contribution in [0.4, 0.5) is 0 Å². The van der Waals surface area contributed by atoms with Gasteiger partial charge in [-0.25, -0.2) is 4.98 Å². The molecule has 2 rings (SSSR count). The summed E-state index contributed by atoms with van der Waals surface area (Å²) in [6.45, 7) is 12.1. The molecule has 1 aromatic rings. The van der Waals surface area contributed by atoms with Crippen molar-refractivity contribution in [1.29, 1.82) is 0 Å². The summed E-state index contributed by atoms with van der Waals surface area (Å²) in [5.41, 5.74) is 1.13. The highest BCUT2D eigenvalue weighted by Crippen LogP contribution is 2.18. The fourth-order valence-corrected chi connectivity index (χ4v) is 3.77. The van der Waals surface area contributed by atoms with E-state index in [-0.39, 0.29) is 24.0 Å². The number of nitrogens with one attached hydrogen (secondary N) is 2. The number of nitrogens with zero attached hydrogens (tertiary/aromatic N) is 3. The summed E-state index contributed by atoms with van der Waals surface area (Å²) in [7, 11) is 1.85.